The van der Waals surface area contributed by atoms with Crippen LogP contribution in [0.4, 0.5) is 0 Å². The summed E-state index contributed by atoms with van der Waals surface area (Å²) in [7, 11) is 0. The Balaban J connectivity index is 1.92. The molecule has 4 rings (SSSR count). The molecule has 24 heavy (non-hydrogen) atoms. The van der Waals surface area contributed by atoms with E-state index in [0.717, 1.165) is 32.2 Å². The largest absolute Gasteiger partial charge is 0.236 e. The van der Waals surface area contributed by atoms with Crippen LogP contribution in [-0.4, -0.2) is 4.98 Å². The molecule has 1 aromatic heterocycles. The van der Waals surface area contributed by atoms with Crippen molar-refractivity contribution in [2.24, 2.45) is 0 Å². The zero-order valence-electron chi connectivity index (χ0n) is 12.8. The molecule has 0 amide bonds. The van der Waals surface area contributed by atoms with E-state index in [1.807, 2.05) is 60.7 Å². The van der Waals surface area contributed by atoms with Crippen molar-refractivity contribution in [3.63, 3.8) is 0 Å². The van der Waals surface area contributed by atoms with Crippen molar-refractivity contribution in [3.8, 4) is 0 Å². The monoisotopic (exact) mass is 347 g/mol. The molecule has 1 nitrogen and oxygen atoms in total. The lowest BCUT2D eigenvalue weighted by molar-refractivity contribution is 1.43. The standard InChI is InChI=1S/C21H14ClNS/c22-18-11-5-4-10-16(18)14-17(15-8-2-1-3-9-15)21-23-19-12-6-7-13-20(19)24-21/h1-14H. The van der Waals surface area contributed by atoms with Gasteiger partial charge in [-0.3, -0.25) is 0 Å². The molecule has 0 aliphatic carbocycles. The van der Waals surface area contributed by atoms with Gasteiger partial charge in [0.2, 0.25) is 0 Å². The fourth-order valence-corrected chi connectivity index (χ4v) is 3.82. The minimum absolute atomic E-state index is 0.743. The van der Waals surface area contributed by atoms with Crippen molar-refractivity contribution in [2.75, 3.05) is 0 Å². The summed E-state index contributed by atoms with van der Waals surface area (Å²) >= 11 is 8.06. The maximum Gasteiger partial charge on any atom is 0.125 e. The molecule has 0 saturated heterocycles. The van der Waals surface area contributed by atoms with Crippen LogP contribution in [0, 0.1) is 0 Å². The fraction of sp³-hybridized carbons (Fsp3) is 0. The first-order valence-electron chi connectivity index (χ1n) is 7.69. The van der Waals surface area contributed by atoms with Crippen molar-refractivity contribution in [1.29, 1.82) is 0 Å². The average Bonchev–Trinajstić information content (AvgIpc) is 3.05. The first-order chi connectivity index (χ1) is 11.8. The van der Waals surface area contributed by atoms with E-state index in [0.29, 0.717) is 0 Å². The number of hydrogen-bond acceptors (Lipinski definition) is 2. The second-order valence-electron chi connectivity index (χ2n) is 5.43. The highest BCUT2D eigenvalue weighted by molar-refractivity contribution is 7.19. The van der Waals surface area contributed by atoms with Gasteiger partial charge in [-0.25, -0.2) is 4.98 Å². The molecule has 0 spiro atoms. The van der Waals surface area contributed by atoms with E-state index >= 15 is 0 Å². The van der Waals surface area contributed by atoms with Gasteiger partial charge >= 0.3 is 0 Å². The summed E-state index contributed by atoms with van der Waals surface area (Å²) < 4.78 is 1.19. The molecule has 3 aromatic carbocycles. The molecule has 0 unspecified atom stereocenters. The number of aromatic nitrogens is 1. The highest BCUT2D eigenvalue weighted by Gasteiger charge is 2.11. The van der Waals surface area contributed by atoms with Crippen LogP contribution in [0.15, 0.2) is 78.9 Å². The second kappa shape index (κ2) is 6.60. The van der Waals surface area contributed by atoms with Crippen LogP contribution in [0.25, 0.3) is 21.9 Å². The Bertz CT molecular complexity index is 985. The number of benzene rings is 3. The van der Waals surface area contributed by atoms with E-state index in [2.05, 4.69) is 24.3 Å². The van der Waals surface area contributed by atoms with Gasteiger partial charge in [-0.2, -0.15) is 0 Å². The predicted octanol–water partition coefficient (Wildman–Crippen LogP) is 6.54. The SMILES string of the molecule is Clc1ccccc1C=C(c1ccccc1)c1nc2ccccc2s1. The van der Waals surface area contributed by atoms with E-state index in [-0.39, 0.29) is 0 Å². The van der Waals surface area contributed by atoms with E-state index in [9.17, 15) is 0 Å². The van der Waals surface area contributed by atoms with Crippen LogP contribution in [0.2, 0.25) is 5.02 Å². The smallest absolute Gasteiger partial charge is 0.125 e. The molecular weight excluding hydrogens is 334 g/mol. The number of thiazole rings is 1. The molecule has 3 heteroatoms. The second-order valence-corrected chi connectivity index (χ2v) is 6.87. The number of halogens is 1. The van der Waals surface area contributed by atoms with Crippen LogP contribution >= 0.6 is 22.9 Å². The molecule has 116 valence electrons. The lowest BCUT2D eigenvalue weighted by atomic mass is 10.0. The summed E-state index contributed by atoms with van der Waals surface area (Å²) in [6.07, 6.45) is 2.12. The molecule has 0 bridgehead atoms. The van der Waals surface area contributed by atoms with Crippen molar-refractivity contribution < 1.29 is 0 Å². The summed E-state index contributed by atoms with van der Waals surface area (Å²) in [5, 5.41) is 1.74. The Hall–Kier alpha value is -2.42. The molecule has 0 atom stereocenters. The quantitative estimate of drug-likeness (QED) is 0.383. The third-order valence-electron chi connectivity index (χ3n) is 3.81. The van der Waals surface area contributed by atoms with Crippen molar-refractivity contribution in [2.45, 2.75) is 0 Å². The zero-order chi connectivity index (χ0) is 16.4. The molecular formula is C21H14ClNS. The predicted molar refractivity (Wildman–Crippen MR) is 104 cm³/mol. The summed E-state index contributed by atoms with van der Waals surface area (Å²) in [6, 6.07) is 26.4. The lowest BCUT2D eigenvalue weighted by Crippen LogP contribution is -1.87. The van der Waals surface area contributed by atoms with E-state index in [1.54, 1.807) is 11.3 Å². The molecule has 4 aromatic rings. The maximum atomic E-state index is 6.36. The molecule has 0 aliphatic heterocycles. The Labute approximate surface area is 149 Å². The molecule has 0 radical (unpaired) electrons. The highest BCUT2D eigenvalue weighted by Crippen LogP contribution is 2.33. The fourth-order valence-electron chi connectivity index (χ4n) is 2.62. The number of para-hydroxylation sites is 1. The van der Waals surface area contributed by atoms with Crippen LogP contribution in [0.1, 0.15) is 16.1 Å². The van der Waals surface area contributed by atoms with Gasteiger partial charge in [-0.1, -0.05) is 72.3 Å². The highest BCUT2D eigenvalue weighted by atomic mass is 35.5. The summed E-state index contributed by atoms with van der Waals surface area (Å²) in [4.78, 5) is 4.82. The third kappa shape index (κ3) is 2.99. The number of fused-ring (bicyclic) bond motifs is 1. The normalized spacial score (nSPS) is 11.8. The Morgan fingerprint density at radius 2 is 1.54 bits per heavy atom. The van der Waals surface area contributed by atoms with Gasteiger partial charge in [-0.05, 0) is 35.4 Å². The van der Waals surface area contributed by atoms with E-state index < -0.39 is 0 Å². The Morgan fingerprint density at radius 1 is 0.833 bits per heavy atom. The van der Waals surface area contributed by atoms with Crippen LogP contribution in [-0.2, 0) is 0 Å². The van der Waals surface area contributed by atoms with Gasteiger partial charge in [0.25, 0.3) is 0 Å². The van der Waals surface area contributed by atoms with Gasteiger partial charge in [0.15, 0.2) is 0 Å². The number of rotatable bonds is 3. The van der Waals surface area contributed by atoms with Crippen molar-refractivity contribution in [1.82, 2.24) is 4.98 Å². The van der Waals surface area contributed by atoms with E-state index in [1.165, 1.54) is 4.70 Å². The first-order valence-corrected chi connectivity index (χ1v) is 8.88. The van der Waals surface area contributed by atoms with Crippen molar-refractivity contribution in [3.05, 3.63) is 100 Å². The Kier molecular flexibility index (Phi) is 4.16. The summed E-state index contributed by atoms with van der Waals surface area (Å²) in [5.74, 6) is 0. The summed E-state index contributed by atoms with van der Waals surface area (Å²) in [6.45, 7) is 0. The topological polar surface area (TPSA) is 12.9 Å². The van der Waals surface area contributed by atoms with Gasteiger partial charge in [0, 0.05) is 10.6 Å². The van der Waals surface area contributed by atoms with Crippen LogP contribution < -0.4 is 0 Å². The third-order valence-corrected chi connectivity index (χ3v) is 5.23. The van der Waals surface area contributed by atoms with E-state index in [4.69, 9.17) is 16.6 Å². The number of nitrogens with zero attached hydrogens (tertiary/aromatic N) is 1. The van der Waals surface area contributed by atoms with Crippen LogP contribution in [0.3, 0.4) is 0 Å². The summed E-state index contributed by atoms with van der Waals surface area (Å²) in [5.41, 5.74) is 4.25. The maximum absolute atomic E-state index is 6.36. The average molecular weight is 348 g/mol. The first kappa shape index (κ1) is 15.1. The zero-order valence-corrected chi connectivity index (χ0v) is 14.4. The lowest BCUT2D eigenvalue weighted by Gasteiger charge is -2.06. The minimum Gasteiger partial charge on any atom is -0.236 e. The molecule has 0 fully saturated rings. The van der Waals surface area contributed by atoms with Gasteiger partial charge < -0.3 is 0 Å². The molecule has 0 N–H and O–H groups in total. The van der Waals surface area contributed by atoms with Gasteiger partial charge in [0.05, 0.1) is 10.2 Å². The van der Waals surface area contributed by atoms with Gasteiger partial charge in [0.1, 0.15) is 5.01 Å². The number of hydrogen-bond donors (Lipinski definition) is 0. The van der Waals surface area contributed by atoms with Crippen LogP contribution in [0.5, 0.6) is 0 Å². The van der Waals surface area contributed by atoms with Crippen molar-refractivity contribution >= 4 is 44.8 Å². The molecule has 0 saturated carbocycles. The molecule has 1 heterocycles. The van der Waals surface area contributed by atoms with Gasteiger partial charge in [-0.15, -0.1) is 11.3 Å². The minimum atomic E-state index is 0.743. The Morgan fingerprint density at radius 3 is 2.33 bits per heavy atom. The molecule has 0 aliphatic rings.